The number of benzene rings is 2. The number of nitrogens with one attached hydrogen (secondary N) is 1. The van der Waals surface area contributed by atoms with Gasteiger partial charge in [0.1, 0.15) is 5.75 Å². The van der Waals surface area contributed by atoms with Gasteiger partial charge >= 0.3 is 0 Å². The Balaban J connectivity index is 1.68. The zero-order valence-corrected chi connectivity index (χ0v) is 15.8. The molecular weight excluding hydrogens is 408 g/mol. The molecule has 7 heteroatoms. The fraction of sp³-hybridized carbons (Fsp3) is 0.222. The number of carbonyl (C=O) groups excluding carboxylic acids is 2. The summed E-state index contributed by atoms with van der Waals surface area (Å²) in [6, 6.07) is 12.4. The maximum atomic E-state index is 12.5. The summed E-state index contributed by atoms with van der Waals surface area (Å²) in [6.07, 6.45) is 0.183. The van der Waals surface area contributed by atoms with Crippen LogP contribution in [0.25, 0.3) is 0 Å². The van der Waals surface area contributed by atoms with Gasteiger partial charge in [0.25, 0.3) is 0 Å². The minimum absolute atomic E-state index is 0.0702. The van der Waals surface area contributed by atoms with E-state index in [0.717, 1.165) is 15.9 Å². The molecule has 2 amide bonds. The molecule has 1 N–H and O–H groups in total. The van der Waals surface area contributed by atoms with Crippen LogP contribution < -0.4 is 15.0 Å². The molecule has 1 fully saturated rings. The van der Waals surface area contributed by atoms with Gasteiger partial charge in [0.2, 0.25) is 11.8 Å². The van der Waals surface area contributed by atoms with Gasteiger partial charge in [-0.2, -0.15) is 0 Å². The quantitative estimate of drug-likeness (QED) is 0.805. The highest BCUT2D eigenvalue weighted by Crippen LogP contribution is 2.29. The Morgan fingerprint density at radius 2 is 2.00 bits per heavy atom. The summed E-state index contributed by atoms with van der Waals surface area (Å²) < 4.78 is 5.88. The van der Waals surface area contributed by atoms with Gasteiger partial charge in [-0.3, -0.25) is 9.59 Å². The zero-order chi connectivity index (χ0) is 18.0. The van der Waals surface area contributed by atoms with Crippen molar-refractivity contribution in [3.05, 3.63) is 52.0 Å². The topological polar surface area (TPSA) is 58.6 Å². The Kier molecular flexibility index (Phi) is 5.30. The van der Waals surface area contributed by atoms with Crippen molar-refractivity contribution in [1.29, 1.82) is 0 Å². The maximum Gasteiger partial charge on any atom is 0.229 e. The molecule has 5 nitrogen and oxygen atoms in total. The molecule has 0 radical (unpaired) electrons. The van der Waals surface area contributed by atoms with Crippen molar-refractivity contribution in [2.24, 2.45) is 5.92 Å². The molecule has 0 saturated carbocycles. The molecule has 1 heterocycles. The van der Waals surface area contributed by atoms with Gasteiger partial charge in [-0.25, -0.2) is 0 Å². The maximum absolute atomic E-state index is 12.5. The standard InChI is InChI=1S/C18H16BrClN2O3/c1-25-14-5-3-13(4-6-14)22-10-11(8-17(22)23)18(24)21-12-2-7-15(19)16(20)9-12/h2-7,9,11H,8,10H2,1H3,(H,21,24)/t11-/m1/s1. The van der Waals surface area contributed by atoms with Crippen LogP contribution in [0.3, 0.4) is 0 Å². The van der Waals surface area contributed by atoms with Crippen molar-refractivity contribution < 1.29 is 14.3 Å². The van der Waals surface area contributed by atoms with E-state index in [1.165, 1.54) is 0 Å². The van der Waals surface area contributed by atoms with E-state index in [-0.39, 0.29) is 18.2 Å². The summed E-state index contributed by atoms with van der Waals surface area (Å²) in [7, 11) is 1.59. The average Bonchev–Trinajstić information content (AvgIpc) is 3.00. The summed E-state index contributed by atoms with van der Waals surface area (Å²) >= 11 is 9.35. The summed E-state index contributed by atoms with van der Waals surface area (Å²) in [5.41, 5.74) is 1.36. The van der Waals surface area contributed by atoms with Gasteiger partial charge in [0.05, 0.1) is 18.1 Å². The first-order valence-electron chi connectivity index (χ1n) is 7.68. The SMILES string of the molecule is COc1ccc(N2C[C@H](C(=O)Nc3ccc(Br)c(Cl)c3)CC2=O)cc1. The molecule has 0 spiro atoms. The van der Waals surface area contributed by atoms with Gasteiger partial charge in [-0.15, -0.1) is 0 Å². The van der Waals surface area contributed by atoms with Crippen molar-refractivity contribution in [2.75, 3.05) is 23.9 Å². The molecule has 2 aromatic carbocycles. The smallest absolute Gasteiger partial charge is 0.229 e. The van der Waals surface area contributed by atoms with E-state index in [4.69, 9.17) is 16.3 Å². The molecular formula is C18H16BrClN2O3. The Labute approximate surface area is 159 Å². The van der Waals surface area contributed by atoms with Crippen molar-refractivity contribution >= 4 is 50.7 Å². The third-order valence-electron chi connectivity index (χ3n) is 4.07. The molecule has 1 saturated heterocycles. The highest BCUT2D eigenvalue weighted by atomic mass is 79.9. The minimum Gasteiger partial charge on any atom is -0.497 e. The van der Waals surface area contributed by atoms with Gasteiger partial charge in [-0.1, -0.05) is 11.6 Å². The van der Waals surface area contributed by atoms with Gasteiger partial charge in [-0.05, 0) is 58.4 Å². The number of halogens is 2. The van der Waals surface area contributed by atoms with Gasteiger partial charge in [0.15, 0.2) is 0 Å². The first-order chi connectivity index (χ1) is 12.0. The zero-order valence-electron chi connectivity index (χ0n) is 13.5. The van der Waals surface area contributed by atoms with Crippen molar-refractivity contribution in [2.45, 2.75) is 6.42 Å². The second-order valence-electron chi connectivity index (χ2n) is 5.72. The van der Waals surface area contributed by atoms with Crippen LogP contribution in [0.2, 0.25) is 5.02 Å². The van der Waals surface area contributed by atoms with Crippen LogP contribution in [0, 0.1) is 5.92 Å². The van der Waals surface area contributed by atoms with E-state index < -0.39 is 5.92 Å². The Morgan fingerprint density at radius 1 is 1.28 bits per heavy atom. The molecule has 1 aliphatic heterocycles. The molecule has 25 heavy (non-hydrogen) atoms. The van der Waals surface area contributed by atoms with Crippen LogP contribution in [0.1, 0.15) is 6.42 Å². The van der Waals surface area contributed by atoms with Gasteiger partial charge < -0.3 is 15.0 Å². The molecule has 0 aliphatic carbocycles. The number of amides is 2. The molecule has 1 atom stereocenters. The van der Waals surface area contributed by atoms with Crippen LogP contribution in [0.15, 0.2) is 46.9 Å². The first-order valence-corrected chi connectivity index (χ1v) is 8.85. The highest BCUT2D eigenvalue weighted by molar-refractivity contribution is 9.10. The van der Waals surface area contributed by atoms with E-state index in [1.807, 2.05) is 12.1 Å². The minimum atomic E-state index is -0.406. The van der Waals surface area contributed by atoms with Crippen molar-refractivity contribution in [1.82, 2.24) is 0 Å². The second-order valence-corrected chi connectivity index (χ2v) is 6.98. The highest BCUT2D eigenvalue weighted by Gasteiger charge is 2.35. The number of nitrogens with zero attached hydrogens (tertiary/aromatic N) is 1. The average molecular weight is 424 g/mol. The predicted octanol–water partition coefficient (Wildman–Crippen LogP) is 4.10. The number of hydrogen-bond acceptors (Lipinski definition) is 3. The number of rotatable bonds is 4. The molecule has 0 bridgehead atoms. The predicted molar refractivity (Wildman–Crippen MR) is 101 cm³/mol. The Morgan fingerprint density at radius 3 is 2.64 bits per heavy atom. The van der Waals surface area contributed by atoms with Crippen LogP contribution in [-0.2, 0) is 9.59 Å². The van der Waals surface area contributed by atoms with Crippen LogP contribution in [-0.4, -0.2) is 25.5 Å². The summed E-state index contributed by atoms with van der Waals surface area (Å²) in [5, 5.41) is 3.33. The number of hydrogen-bond donors (Lipinski definition) is 1. The van der Waals surface area contributed by atoms with Gasteiger partial charge in [0, 0.05) is 28.8 Å². The Hall–Kier alpha value is -2.05. The van der Waals surface area contributed by atoms with E-state index in [2.05, 4.69) is 21.2 Å². The van der Waals surface area contributed by atoms with Crippen molar-refractivity contribution in [3.8, 4) is 5.75 Å². The Bertz CT molecular complexity index is 810. The lowest BCUT2D eigenvalue weighted by Crippen LogP contribution is -2.28. The van der Waals surface area contributed by atoms with E-state index in [1.54, 1.807) is 42.3 Å². The number of anilines is 2. The third-order valence-corrected chi connectivity index (χ3v) is 5.30. The van der Waals surface area contributed by atoms with Crippen LogP contribution >= 0.6 is 27.5 Å². The van der Waals surface area contributed by atoms with E-state index >= 15 is 0 Å². The molecule has 0 aromatic heterocycles. The largest absolute Gasteiger partial charge is 0.497 e. The normalized spacial score (nSPS) is 16.8. The third kappa shape index (κ3) is 3.96. The van der Waals surface area contributed by atoms with E-state index in [9.17, 15) is 9.59 Å². The molecule has 1 aliphatic rings. The lowest BCUT2D eigenvalue weighted by molar-refractivity contribution is -0.122. The first kappa shape index (κ1) is 17.8. The monoisotopic (exact) mass is 422 g/mol. The fourth-order valence-corrected chi connectivity index (χ4v) is 3.14. The lowest BCUT2D eigenvalue weighted by Gasteiger charge is -2.17. The molecule has 130 valence electrons. The molecule has 2 aromatic rings. The fourth-order valence-electron chi connectivity index (χ4n) is 2.71. The number of ether oxygens (including phenoxy) is 1. The van der Waals surface area contributed by atoms with Crippen LogP contribution in [0.5, 0.6) is 5.75 Å². The number of methoxy groups -OCH3 is 1. The second kappa shape index (κ2) is 7.45. The van der Waals surface area contributed by atoms with Crippen molar-refractivity contribution in [3.63, 3.8) is 0 Å². The molecule has 0 unspecified atom stereocenters. The molecule has 3 rings (SSSR count). The van der Waals surface area contributed by atoms with E-state index in [0.29, 0.717) is 17.3 Å². The van der Waals surface area contributed by atoms with Crippen LogP contribution in [0.4, 0.5) is 11.4 Å². The lowest BCUT2D eigenvalue weighted by atomic mass is 10.1. The summed E-state index contributed by atoms with van der Waals surface area (Å²) in [4.78, 5) is 26.4. The summed E-state index contributed by atoms with van der Waals surface area (Å²) in [6.45, 7) is 0.348. The summed E-state index contributed by atoms with van der Waals surface area (Å²) in [5.74, 6) is 0.0516. The number of carbonyl (C=O) groups is 2.